The van der Waals surface area contributed by atoms with Crippen LogP contribution in [0.3, 0.4) is 0 Å². The average molecular weight is 344 g/mol. The summed E-state index contributed by atoms with van der Waals surface area (Å²) in [5.74, 6) is 1.50. The van der Waals surface area contributed by atoms with Gasteiger partial charge in [-0.25, -0.2) is 4.79 Å². The Balaban J connectivity index is 1.55. The number of rotatable bonds is 5. The van der Waals surface area contributed by atoms with Crippen LogP contribution in [-0.2, 0) is 10.8 Å². The number of unbranched alkanes of at least 4 members (excludes halogenated alkanes) is 1. The van der Waals surface area contributed by atoms with Crippen LogP contribution in [0.5, 0.6) is 0 Å². The van der Waals surface area contributed by atoms with Gasteiger partial charge in [0, 0.05) is 41.4 Å². The molecule has 134 valence electrons. The lowest BCUT2D eigenvalue weighted by molar-refractivity contribution is 0.188. The van der Waals surface area contributed by atoms with Gasteiger partial charge in [-0.1, -0.05) is 13.8 Å². The van der Waals surface area contributed by atoms with Crippen molar-refractivity contribution < 1.29 is 9.00 Å². The minimum absolute atomic E-state index is 0.0166. The molecule has 0 saturated carbocycles. The van der Waals surface area contributed by atoms with Gasteiger partial charge in [0.05, 0.1) is 0 Å². The standard InChI is InChI=1S/C17H33N3O2S/c1-15-5-10-19(11-6-15)9-4-3-8-18-17(21)20-12-7-16(2)23(22)14-13-20/h15-16H,3-14H2,1-2H3,(H,18,21)/t16-,23+/m0/s1. The first-order chi connectivity index (χ1) is 11.1. The molecule has 0 aromatic rings. The number of piperidine rings is 1. The van der Waals surface area contributed by atoms with E-state index in [4.69, 9.17) is 0 Å². The maximum Gasteiger partial charge on any atom is 0.317 e. The van der Waals surface area contributed by atoms with Gasteiger partial charge in [-0.3, -0.25) is 4.21 Å². The zero-order chi connectivity index (χ0) is 16.7. The van der Waals surface area contributed by atoms with Crippen molar-refractivity contribution in [3.8, 4) is 0 Å². The summed E-state index contributed by atoms with van der Waals surface area (Å²) in [5.41, 5.74) is 0. The summed E-state index contributed by atoms with van der Waals surface area (Å²) < 4.78 is 11.8. The lowest BCUT2D eigenvalue weighted by Crippen LogP contribution is -2.41. The molecule has 2 aliphatic rings. The Kier molecular flexibility index (Phi) is 7.83. The van der Waals surface area contributed by atoms with Crippen molar-refractivity contribution >= 4 is 16.8 Å². The van der Waals surface area contributed by atoms with E-state index in [2.05, 4.69) is 17.1 Å². The molecule has 2 saturated heterocycles. The highest BCUT2D eigenvalue weighted by atomic mass is 32.2. The first-order valence-corrected chi connectivity index (χ1v) is 10.6. The Labute approximate surface area is 143 Å². The van der Waals surface area contributed by atoms with Crippen LogP contribution in [-0.4, -0.2) is 70.3 Å². The molecule has 6 heteroatoms. The Morgan fingerprint density at radius 1 is 1.09 bits per heavy atom. The molecule has 1 N–H and O–H groups in total. The molecule has 0 bridgehead atoms. The average Bonchev–Trinajstić information content (AvgIpc) is 2.71. The molecule has 23 heavy (non-hydrogen) atoms. The smallest absolute Gasteiger partial charge is 0.317 e. The van der Waals surface area contributed by atoms with E-state index in [1.807, 2.05) is 11.8 Å². The molecule has 2 amide bonds. The maximum atomic E-state index is 12.2. The Morgan fingerprint density at radius 2 is 1.83 bits per heavy atom. The number of nitrogens with zero attached hydrogens (tertiary/aromatic N) is 2. The monoisotopic (exact) mass is 343 g/mol. The molecule has 2 rings (SSSR count). The highest BCUT2D eigenvalue weighted by Crippen LogP contribution is 2.16. The number of amides is 2. The van der Waals surface area contributed by atoms with Crippen LogP contribution < -0.4 is 5.32 Å². The lowest BCUT2D eigenvalue weighted by atomic mass is 9.99. The van der Waals surface area contributed by atoms with Crippen molar-refractivity contribution in [2.45, 2.75) is 51.2 Å². The number of nitrogens with one attached hydrogen (secondary N) is 1. The van der Waals surface area contributed by atoms with E-state index >= 15 is 0 Å². The van der Waals surface area contributed by atoms with Crippen LogP contribution in [0.1, 0.15) is 46.0 Å². The summed E-state index contributed by atoms with van der Waals surface area (Å²) in [6, 6.07) is 0.0166. The SMILES string of the molecule is CC1CCN(CCCCNC(=O)N2CC[C@H](C)[S@](=O)CC2)CC1. The van der Waals surface area contributed by atoms with Crippen molar-refractivity contribution in [3.05, 3.63) is 0 Å². The van der Waals surface area contributed by atoms with E-state index < -0.39 is 10.8 Å². The quantitative estimate of drug-likeness (QED) is 0.777. The fourth-order valence-corrected chi connectivity index (χ4v) is 4.41. The summed E-state index contributed by atoms with van der Waals surface area (Å²) in [7, 11) is -0.781. The highest BCUT2D eigenvalue weighted by Gasteiger charge is 2.22. The fourth-order valence-electron chi connectivity index (χ4n) is 3.24. The molecule has 0 spiro atoms. The predicted molar refractivity (Wildman–Crippen MR) is 96.1 cm³/mol. The van der Waals surface area contributed by atoms with Crippen molar-refractivity contribution in [1.82, 2.24) is 15.1 Å². The summed E-state index contributed by atoms with van der Waals surface area (Å²) in [6.45, 7) is 10.1. The fraction of sp³-hybridized carbons (Fsp3) is 0.941. The summed E-state index contributed by atoms with van der Waals surface area (Å²) >= 11 is 0. The zero-order valence-corrected chi connectivity index (χ0v) is 15.6. The summed E-state index contributed by atoms with van der Waals surface area (Å²) in [5, 5.41) is 3.23. The minimum Gasteiger partial charge on any atom is -0.338 e. The number of carbonyl (C=O) groups excluding carboxylic acids is 1. The molecule has 0 radical (unpaired) electrons. The highest BCUT2D eigenvalue weighted by molar-refractivity contribution is 7.85. The van der Waals surface area contributed by atoms with Crippen LogP contribution in [0.2, 0.25) is 0 Å². The van der Waals surface area contributed by atoms with Gasteiger partial charge in [0.1, 0.15) is 0 Å². The molecule has 2 atom stereocenters. The van der Waals surface area contributed by atoms with Gasteiger partial charge in [0.15, 0.2) is 0 Å². The number of likely N-dealkylation sites (tertiary alicyclic amines) is 1. The van der Waals surface area contributed by atoms with E-state index in [9.17, 15) is 9.00 Å². The van der Waals surface area contributed by atoms with E-state index in [-0.39, 0.29) is 11.3 Å². The van der Waals surface area contributed by atoms with E-state index in [0.717, 1.165) is 44.8 Å². The predicted octanol–water partition coefficient (Wildman–Crippen LogP) is 2.05. The third-order valence-corrected chi connectivity index (χ3v) is 6.88. The normalized spacial score (nSPS) is 27.7. The molecular weight excluding hydrogens is 310 g/mol. The van der Waals surface area contributed by atoms with Crippen molar-refractivity contribution in [2.24, 2.45) is 5.92 Å². The van der Waals surface area contributed by atoms with Crippen LogP contribution in [0, 0.1) is 5.92 Å². The van der Waals surface area contributed by atoms with Gasteiger partial charge in [0.2, 0.25) is 0 Å². The lowest BCUT2D eigenvalue weighted by Gasteiger charge is -2.30. The number of hydrogen-bond acceptors (Lipinski definition) is 3. The van der Waals surface area contributed by atoms with Gasteiger partial charge in [-0.15, -0.1) is 0 Å². The second-order valence-corrected chi connectivity index (χ2v) is 9.11. The Bertz CT molecular complexity index is 397. The largest absolute Gasteiger partial charge is 0.338 e. The van der Waals surface area contributed by atoms with Crippen LogP contribution in [0.4, 0.5) is 4.79 Å². The van der Waals surface area contributed by atoms with E-state index in [1.54, 1.807) is 0 Å². The summed E-state index contributed by atoms with van der Waals surface area (Å²) in [4.78, 5) is 16.5. The van der Waals surface area contributed by atoms with Gasteiger partial charge in [0.25, 0.3) is 0 Å². The van der Waals surface area contributed by atoms with Crippen LogP contribution in [0.15, 0.2) is 0 Å². The molecular formula is C17H33N3O2S. The first-order valence-electron chi connectivity index (χ1n) is 9.18. The number of hydrogen-bond donors (Lipinski definition) is 1. The van der Waals surface area contributed by atoms with Crippen LogP contribution in [0.25, 0.3) is 0 Å². The Hall–Kier alpha value is -0.620. The molecule has 0 aliphatic carbocycles. The van der Waals surface area contributed by atoms with E-state index in [0.29, 0.717) is 12.3 Å². The van der Waals surface area contributed by atoms with Gasteiger partial charge < -0.3 is 15.1 Å². The van der Waals surface area contributed by atoms with Gasteiger partial charge in [-0.2, -0.15) is 0 Å². The molecule has 0 unspecified atom stereocenters. The second-order valence-electron chi connectivity index (χ2n) is 7.13. The summed E-state index contributed by atoms with van der Waals surface area (Å²) in [6.07, 6.45) is 5.67. The molecule has 0 aromatic heterocycles. The minimum atomic E-state index is -0.781. The number of carbonyl (C=O) groups is 1. The molecule has 2 aliphatic heterocycles. The first kappa shape index (κ1) is 18.7. The van der Waals surface area contributed by atoms with Gasteiger partial charge in [-0.05, 0) is 57.7 Å². The van der Waals surface area contributed by atoms with Crippen LogP contribution >= 0.6 is 0 Å². The zero-order valence-electron chi connectivity index (χ0n) is 14.8. The Morgan fingerprint density at radius 3 is 2.57 bits per heavy atom. The van der Waals surface area contributed by atoms with Crippen molar-refractivity contribution in [2.75, 3.05) is 45.0 Å². The van der Waals surface area contributed by atoms with Crippen molar-refractivity contribution in [3.63, 3.8) is 0 Å². The van der Waals surface area contributed by atoms with E-state index in [1.165, 1.54) is 25.9 Å². The topological polar surface area (TPSA) is 52.7 Å². The third kappa shape index (κ3) is 6.42. The number of urea groups is 1. The molecule has 0 aromatic carbocycles. The molecule has 5 nitrogen and oxygen atoms in total. The van der Waals surface area contributed by atoms with Crippen molar-refractivity contribution in [1.29, 1.82) is 0 Å². The maximum absolute atomic E-state index is 12.2. The molecule has 2 heterocycles. The van der Waals surface area contributed by atoms with Gasteiger partial charge >= 0.3 is 6.03 Å². The third-order valence-electron chi connectivity index (χ3n) is 5.16. The second kappa shape index (κ2) is 9.62. The molecule has 2 fully saturated rings.